The minimum atomic E-state index is -0.974. The number of hydrogen-bond donors (Lipinski definition) is 1. The number of hydrogen-bond acceptors (Lipinski definition) is 3. The lowest BCUT2D eigenvalue weighted by molar-refractivity contribution is 0.0661. The number of rotatable bonds is 3. The van der Waals surface area contributed by atoms with Crippen LogP contribution in [0.1, 0.15) is 49.2 Å². The van der Waals surface area contributed by atoms with Crippen molar-refractivity contribution in [2.75, 3.05) is 6.54 Å². The molecule has 2 fully saturated rings. The highest BCUT2D eigenvalue weighted by Crippen LogP contribution is 2.49. The van der Waals surface area contributed by atoms with Crippen molar-refractivity contribution in [3.63, 3.8) is 0 Å². The van der Waals surface area contributed by atoms with E-state index in [0.717, 1.165) is 23.4 Å². The molecule has 0 radical (unpaired) electrons. The summed E-state index contributed by atoms with van der Waals surface area (Å²) >= 11 is 0. The molecule has 1 aliphatic heterocycles. The van der Waals surface area contributed by atoms with Crippen molar-refractivity contribution in [3.05, 3.63) is 35.6 Å². The summed E-state index contributed by atoms with van der Waals surface area (Å²) in [5.74, 6) is -0.142. The first kappa shape index (κ1) is 14.8. The van der Waals surface area contributed by atoms with Gasteiger partial charge in [0.05, 0.1) is 0 Å². The Morgan fingerprint density at radius 2 is 2.13 bits per heavy atom. The highest BCUT2D eigenvalue weighted by Gasteiger charge is 2.48. The lowest BCUT2D eigenvalue weighted by atomic mass is 9.80. The number of carbonyl (C=O) groups is 1. The predicted octanol–water partition coefficient (Wildman–Crippen LogP) is 4.14. The number of para-hydroxylation sites is 1. The third-order valence-corrected chi connectivity index (χ3v) is 5.82. The summed E-state index contributed by atoms with van der Waals surface area (Å²) in [7, 11) is 0. The molecule has 0 unspecified atom stereocenters. The quantitative estimate of drug-likeness (QED) is 0.925. The molecule has 2 aromatic rings. The van der Waals surface area contributed by atoms with Gasteiger partial charge in [-0.2, -0.15) is 0 Å². The second kappa shape index (κ2) is 5.10. The van der Waals surface area contributed by atoms with E-state index in [2.05, 4.69) is 18.7 Å². The van der Waals surface area contributed by atoms with Gasteiger partial charge >= 0.3 is 5.97 Å². The Kier molecular flexibility index (Phi) is 3.27. The summed E-state index contributed by atoms with van der Waals surface area (Å²) < 4.78 is 5.61. The minimum Gasteiger partial charge on any atom is -0.475 e. The monoisotopic (exact) mass is 313 g/mol. The van der Waals surface area contributed by atoms with Crippen LogP contribution in [0, 0.1) is 11.3 Å². The first-order valence-electron chi connectivity index (χ1n) is 8.45. The third kappa shape index (κ3) is 2.27. The van der Waals surface area contributed by atoms with Gasteiger partial charge in [0.15, 0.2) is 0 Å². The molecule has 4 nitrogen and oxygen atoms in total. The van der Waals surface area contributed by atoms with Crippen molar-refractivity contribution in [1.29, 1.82) is 0 Å². The van der Waals surface area contributed by atoms with Crippen LogP contribution < -0.4 is 0 Å². The Morgan fingerprint density at radius 3 is 2.91 bits per heavy atom. The van der Waals surface area contributed by atoms with E-state index in [1.165, 1.54) is 19.3 Å². The van der Waals surface area contributed by atoms with E-state index in [1.54, 1.807) is 0 Å². The molecule has 23 heavy (non-hydrogen) atoms. The highest BCUT2D eigenvalue weighted by molar-refractivity contribution is 5.95. The molecule has 2 atom stereocenters. The molecule has 1 aliphatic carbocycles. The van der Waals surface area contributed by atoms with Gasteiger partial charge in [-0.05, 0) is 30.2 Å². The summed E-state index contributed by atoms with van der Waals surface area (Å²) in [5, 5.41) is 10.5. The van der Waals surface area contributed by atoms with Crippen molar-refractivity contribution >= 4 is 16.9 Å². The first-order valence-corrected chi connectivity index (χ1v) is 8.45. The number of fused-ring (bicyclic) bond motifs is 2. The molecule has 0 amide bonds. The van der Waals surface area contributed by atoms with Crippen LogP contribution in [0.3, 0.4) is 0 Å². The molecule has 4 heteroatoms. The zero-order valence-electron chi connectivity index (χ0n) is 13.7. The molecule has 0 bridgehead atoms. The normalized spacial score (nSPS) is 26.7. The molecule has 122 valence electrons. The van der Waals surface area contributed by atoms with Crippen molar-refractivity contribution in [3.8, 4) is 0 Å². The molecule has 4 rings (SSSR count). The number of likely N-dealkylation sites (tertiary alicyclic amines) is 1. The molecule has 1 saturated carbocycles. The maximum absolute atomic E-state index is 11.6. The van der Waals surface area contributed by atoms with Crippen LogP contribution in [0.15, 0.2) is 28.7 Å². The lowest BCUT2D eigenvalue weighted by Crippen LogP contribution is -2.30. The summed E-state index contributed by atoms with van der Waals surface area (Å²) in [6.07, 6.45) is 3.81. The number of carboxylic acids is 1. The van der Waals surface area contributed by atoms with Crippen molar-refractivity contribution in [2.45, 2.75) is 45.7 Å². The van der Waals surface area contributed by atoms with Gasteiger partial charge in [0.2, 0.25) is 5.76 Å². The maximum atomic E-state index is 11.6. The Balaban J connectivity index is 1.73. The summed E-state index contributed by atoms with van der Waals surface area (Å²) in [4.78, 5) is 14.1. The Morgan fingerprint density at radius 1 is 1.35 bits per heavy atom. The van der Waals surface area contributed by atoms with Gasteiger partial charge in [-0.3, -0.25) is 4.90 Å². The summed E-state index contributed by atoms with van der Waals surface area (Å²) in [6.45, 7) is 6.40. The Hall–Kier alpha value is -1.81. The van der Waals surface area contributed by atoms with Gasteiger partial charge in [0.1, 0.15) is 5.58 Å². The number of furan rings is 1. The van der Waals surface area contributed by atoms with Crippen molar-refractivity contribution in [2.24, 2.45) is 11.3 Å². The number of aromatic carboxylic acids is 1. The summed E-state index contributed by atoms with van der Waals surface area (Å²) in [5.41, 5.74) is 1.81. The predicted molar refractivity (Wildman–Crippen MR) is 88.5 cm³/mol. The molecule has 1 aromatic heterocycles. The minimum absolute atomic E-state index is 0.102. The van der Waals surface area contributed by atoms with E-state index in [-0.39, 0.29) is 5.76 Å². The average Bonchev–Trinajstić information content (AvgIpc) is 3.16. The molecule has 1 aromatic carbocycles. The van der Waals surface area contributed by atoms with Crippen LogP contribution in [-0.4, -0.2) is 28.6 Å². The lowest BCUT2D eigenvalue weighted by Gasteiger charge is -2.24. The second-order valence-electron chi connectivity index (χ2n) is 7.71. The second-order valence-corrected chi connectivity index (χ2v) is 7.71. The Labute approximate surface area is 136 Å². The van der Waals surface area contributed by atoms with Crippen molar-refractivity contribution < 1.29 is 14.3 Å². The smallest absolute Gasteiger partial charge is 0.372 e. The van der Waals surface area contributed by atoms with Crippen LogP contribution in [0.4, 0.5) is 0 Å². The molecule has 1 N–H and O–H groups in total. The molecular weight excluding hydrogens is 290 g/mol. The third-order valence-electron chi connectivity index (χ3n) is 5.82. The average molecular weight is 313 g/mol. The van der Waals surface area contributed by atoms with Gasteiger partial charge in [-0.15, -0.1) is 0 Å². The number of benzene rings is 1. The molecule has 1 saturated heterocycles. The molecule has 0 spiro atoms. The van der Waals surface area contributed by atoms with E-state index in [0.29, 0.717) is 23.6 Å². The first-order chi connectivity index (χ1) is 11.0. The van der Waals surface area contributed by atoms with Crippen LogP contribution in [0.2, 0.25) is 0 Å². The number of nitrogens with zero attached hydrogens (tertiary/aromatic N) is 1. The van der Waals surface area contributed by atoms with Gasteiger partial charge in [-0.25, -0.2) is 4.79 Å². The van der Waals surface area contributed by atoms with E-state index in [9.17, 15) is 9.90 Å². The van der Waals surface area contributed by atoms with E-state index in [4.69, 9.17) is 4.42 Å². The standard InChI is InChI=1S/C19H23NO3/c1-19(2)11-20(15-8-5-7-14(15)19)10-13-12-6-3-4-9-16(12)23-17(13)18(21)22/h3-4,6,9,14-15H,5,7-8,10-11H2,1-2H3,(H,21,22)/t14-,15+/m0/s1. The fraction of sp³-hybridized carbons (Fsp3) is 0.526. The van der Waals surface area contributed by atoms with Crippen molar-refractivity contribution in [1.82, 2.24) is 4.90 Å². The van der Waals surface area contributed by atoms with Crippen LogP contribution in [0.5, 0.6) is 0 Å². The van der Waals surface area contributed by atoms with Crippen LogP contribution in [0.25, 0.3) is 11.0 Å². The number of carboxylic acid groups (broad SMARTS) is 1. The topological polar surface area (TPSA) is 53.7 Å². The maximum Gasteiger partial charge on any atom is 0.372 e. The fourth-order valence-corrected chi connectivity index (χ4v) is 4.85. The van der Waals surface area contributed by atoms with Gasteiger partial charge in [0.25, 0.3) is 0 Å². The van der Waals surface area contributed by atoms with E-state index >= 15 is 0 Å². The Bertz CT molecular complexity index is 761. The zero-order chi connectivity index (χ0) is 16.2. The van der Waals surface area contributed by atoms with E-state index in [1.807, 2.05) is 24.3 Å². The molecular formula is C19H23NO3. The van der Waals surface area contributed by atoms with Gasteiger partial charge in [0, 0.05) is 30.1 Å². The molecule has 2 aliphatic rings. The zero-order valence-corrected chi connectivity index (χ0v) is 13.7. The fourth-order valence-electron chi connectivity index (χ4n) is 4.85. The highest BCUT2D eigenvalue weighted by atomic mass is 16.4. The largest absolute Gasteiger partial charge is 0.475 e. The van der Waals surface area contributed by atoms with Crippen LogP contribution >= 0.6 is 0 Å². The van der Waals surface area contributed by atoms with E-state index < -0.39 is 5.97 Å². The SMILES string of the molecule is CC1(C)CN(Cc2c(C(=O)O)oc3ccccc23)[C@@H]2CCC[C@@H]21. The van der Waals surface area contributed by atoms with Gasteiger partial charge in [-0.1, -0.05) is 38.5 Å². The summed E-state index contributed by atoms with van der Waals surface area (Å²) in [6, 6.07) is 8.22. The van der Waals surface area contributed by atoms with Crippen LogP contribution in [-0.2, 0) is 6.54 Å². The van der Waals surface area contributed by atoms with Gasteiger partial charge < -0.3 is 9.52 Å². The molecule has 2 heterocycles.